The molecule has 1 aromatic heterocycles. The van der Waals surface area contributed by atoms with Crippen LogP contribution < -0.4 is 10.0 Å². The van der Waals surface area contributed by atoms with Gasteiger partial charge in [-0.25, -0.2) is 13.1 Å². The third-order valence-corrected chi connectivity index (χ3v) is 4.94. The van der Waals surface area contributed by atoms with Crippen LogP contribution in [0.5, 0.6) is 0 Å². The van der Waals surface area contributed by atoms with Crippen molar-refractivity contribution >= 4 is 10.0 Å². The molecule has 0 aromatic carbocycles. The summed E-state index contributed by atoms with van der Waals surface area (Å²) in [6.45, 7) is 1.89. The van der Waals surface area contributed by atoms with E-state index in [0.29, 0.717) is 25.0 Å². The van der Waals surface area contributed by atoms with Crippen LogP contribution in [0, 0.1) is 0 Å². The summed E-state index contributed by atoms with van der Waals surface area (Å²) in [5, 5.41) is 3.13. The van der Waals surface area contributed by atoms with E-state index in [1.54, 1.807) is 6.07 Å². The molecule has 0 radical (unpaired) electrons. The molecule has 6 nitrogen and oxygen atoms in total. The highest BCUT2D eigenvalue weighted by molar-refractivity contribution is 7.89. The average molecular weight is 316 g/mol. The Morgan fingerprint density at radius 1 is 1.29 bits per heavy atom. The summed E-state index contributed by atoms with van der Waals surface area (Å²) in [5.74, 6) is 0.599. The summed E-state index contributed by atoms with van der Waals surface area (Å²) >= 11 is 0. The van der Waals surface area contributed by atoms with Gasteiger partial charge < -0.3 is 14.5 Å². The van der Waals surface area contributed by atoms with Gasteiger partial charge in [0.15, 0.2) is 0 Å². The second-order valence-corrected chi connectivity index (χ2v) is 7.05. The highest BCUT2D eigenvalue weighted by Gasteiger charge is 2.16. The molecule has 1 heterocycles. The van der Waals surface area contributed by atoms with Crippen molar-refractivity contribution in [2.45, 2.75) is 49.8 Å². The molecule has 21 heavy (non-hydrogen) atoms. The second-order valence-electron chi connectivity index (χ2n) is 5.24. The van der Waals surface area contributed by atoms with E-state index >= 15 is 0 Å². The van der Waals surface area contributed by atoms with Gasteiger partial charge in [-0.15, -0.1) is 0 Å². The topological polar surface area (TPSA) is 80.6 Å². The number of furan rings is 1. The Morgan fingerprint density at radius 3 is 2.76 bits per heavy atom. The fourth-order valence-electron chi connectivity index (χ4n) is 2.44. The van der Waals surface area contributed by atoms with Crippen LogP contribution in [0.2, 0.25) is 0 Å². The Balaban J connectivity index is 1.65. The molecule has 0 saturated heterocycles. The molecule has 2 rings (SSSR count). The van der Waals surface area contributed by atoms with Gasteiger partial charge in [-0.2, -0.15) is 0 Å². The number of hydrogen-bond acceptors (Lipinski definition) is 5. The van der Waals surface area contributed by atoms with E-state index in [9.17, 15) is 8.42 Å². The Hall–Kier alpha value is -0.890. The number of hydrogen-bond donors (Lipinski definition) is 2. The van der Waals surface area contributed by atoms with Gasteiger partial charge >= 0.3 is 0 Å². The summed E-state index contributed by atoms with van der Waals surface area (Å²) in [6, 6.07) is 3.13. The number of nitrogens with one attached hydrogen (secondary N) is 2. The van der Waals surface area contributed by atoms with Gasteiger partial charge in [0.25, 0.3) is 10.0 Å². The van der Waals surface area contributed by atoms with Crippen LogP contribution in [0.3, 0.4) is 0 Å². The molecule has 1 fully saturated rings. The normalized spacial score (nSPS) is 17.2. The zero-order valence-electron chi connectivity index (χ0n) is 12.4. The van der Waals surface area contributed by atoms with Gasteiger partial charge in [-0.3, -0.25) is 0 Å². The van der Waals surface area contributed by atoms with Gasteiger partial charge in [-0.05, 0) is 32.0 Å². The van der Waals surface area contributed by atoms with Crippen LogP contribution in [0.4, 0.5) is 0 Å². The van der Waals surface area contributed by atoms with Gasteiger partial charge in [0.05, 0.1) is 19.3 Å². The minimum Gasteiger partial charge on any atom is -0.447 e. The van der Waals surface area contributed by atoms with Crippen molar-refractivity contribution in [3.8, 4) is 0 Å². The minimum atomic E-state index is -3.50. The molecule has 1 aliphatic rings. The fraction of sp³-hybridized carbons (Fsp3) is 0.714. The van der Waals surface area contributed by atoms with Crippen molar-refractivity contribution < 1.29 is 17.6 Å². The number of ether oxygens (including phenoxy) is 1. The molecule has 1 aromatic rings. The van der Waals surface area contributed by atoms with E-state index in [1.165, 1.54) is 45.2 Å². The maximum Gasteiger partial charge on any atom is 0.273 e. The van der Waals surface area contributed by atoms with Gasteiger partial charge in [0.2, 0.25) is 5.09 Å². The van der Waals surface area contributed by atoms with Crippen LogP contribution in [-0.4, -0.2) is 34.7 Å². The van der Waals surface area contributed by atoms with E-state index in [2.05, 4.69) is 10.0 Å². The maximum absolute atomic E-state index is 11.5. The fourth-order valence-corrected chi connectivity index (χ4v) is 3.10. The smallest absolute Gasteiger partial charge is 0.273 e. The summed E-state index contributed by atoms with van der Waals surface area (Å²) in [6.07, 6.45) is 6.62. The van der Waals surface area contributed by atoms with Crippen LogP contribution in [0.1, 0.15) is 37.9 Å². The van der Waals surface area contributed by atoms with Crippen LogP contribution in [-0.2, 0) is 21.3 Å². The predicted octanol–water partition coefficient (Wildman–Crippen LogP) is 1.63. The molecule has 0 spiro atoms. The highest BCUT2D eigenvalue weighted by Crippen LogP contribution is 2.19. The first-order valence-electron chi connectivity index (χ1n) is 7.46. The largest absolute Gasteiger partial charge is 0.447 e. The van der Waals surface area contributed by atoms with E-state index in [4.69, 9.17) is 9.15 Å². The third kappa shape index (κ3) is 5.10. The Bertz CT molecular complexity index is 521. The van der Waals surface area contributed by atoms with Crippen LogP contribution in [0.25, 0.3) is 0 Å². The second kappa shape index (κ2) is 7.93. The highest BCUT2D eigenvalue weighted by atomic mass is 32.2. The summed E-state index contributed by atoms with van der Waals surface area (Å²) in [7, 11) is -2.14. The monoisotopic (exact) mass is 316 g/mol. The molecule has 1 saturated carbocycles. The lowest BCUT2D eigenvalue weighted by atomic mass is 9.98. The first kappa shape index (κ1) is 16.5. The quantitative estimate of drug-likeness (QED) is 0.713. The summed E-state index contributed by atoms with van der Waals surface area (Å²) < 4.78 is 36.3. The van der Waals surface area contributed by atoms with E-state index in [-0.39, 0.29) is 5.09 Å². The van der Waals surface area contributed by atoms with Crippen molar-refractivity contribution in [3.63, 3.8) is 0 Å². The number of rotatable bonds is 8. The minimum absolute atomic E-state index is 0.0553. The van der Waals surface area contributed by atoms with Crippen LogP contribution in [0.15, 0.2) is 21.6 Å². The van der Waals surface area contributed by atoms with Crippen molar-refractivity contribution in [1.29, 1.82) is 0 Å². The van der Waals surface area contributed by atoms with Gasteiger partial charge in [0, 0.05) is 6.54 Å². The van der Waals surface area contributed by atoms with E-state index < -0.39 is 10.0 Å². The molecule has 0 aliphatic heterocycles. The molecular weight excluding hydrogens is 292 g/mol. The third-order valence-electron chi connectivity index (χ3n) is 3.65. The molecule has 2 N–H and O–H groups in total. The van der Waals surface area contributed by atoms with Crippen LogP contribution >= 0.6 is 0 Å². The lowest BCUT2D eigenvalue weighted by Gasteiger charge is -2.21. The summed E-state index contributed by atoms with van der Waals surface area (Å²) in [5.41, 5.74) is 0. The summed E-state index contributed by atoms with van der Waals surface area (Å²) in [4.78, 5) is 0. The SMILES string of the molecule is CNS(=O)(=O)c1ccc(CNCCOC2CCCCC2)o1. The molecule has 1 aliphatic carbocycles. The first-order valence-corrected chi connectivity index (χ1v) is 8.95. The molecule has 0 amide bonds. The average Bonchev–Trinajstić information content (AvgIpc) is 2.98. The Morgan fingerprint density at radius 2 is 2.05 bits per heavy atom. The molecular formula is C14H24N2O4S. The number of sulfonamides is 1. The predicted molar refractivity (Wildman–Crippen MR) is 79.5 cm³/mol. The molecule has 0 bridgehead atoms. The maximum atomic E-state index is 11.5. The van der Waals surface area contributed by atoms with Gasteiger partial charge in [0.1, 0.15) is 5.76 Å². The molecule has 0 atom stereocenters. The van der Waals surface area contributed by atoms with Gasteiger partial charge in [-0.1, -0.05) is 19.3 Å². The first-order chi connectivity index (χ1) is 10.1. The molecule has 7 heteroatoms. The zero-order chi connectivity index (χ0) is 15.1. The van der Waals surface area contributed by atoms with Crippen molar-refractivity contribution in [1.82, 2.24) is 10.0 Å². The lowest BCUT2D eigenvalue weighted by molar-refractivity contribution is 0.0301. The Labute approximate surface area is 126 Å². The molecule has 0 unspecified atom stereocenters. The molecule has 120 valence electrons. The van der Waals surface area contributed by atoms with Crippen molar-refractivity contribution in [2.24, 2.45) is 0 Å². The van der Waals surface area contributed by atoms with Crippen molar-refractivity contribution in [3.05, 3.63) is 17.9 Å². The lowest BCUT2D eigenvalue weighted by Crippen LogP contribution is -2.24. The Kier molecular flexibility index (Phi) is 6.22. The standard InChI is InChI=1S/C14H24N2O4S/c1-15-21(17,18)14-8-7-13(20-14)11-16-9-10-19-12-5-3-2-4-6-12/h7-8,12,15-16H,2-6,9-11H2,1H3. The zero-order valence-corrected chi connectivity index (χ0v) is 13.2. The van der Waals surface area contributed by atoms with E-state index in [0.717, 1.165) is 6.54 Å². The van der Waals surface area contributed by atoms with Crippen molar-refractivity contribution in [2.75, 3.05) is 20.2 Å². The van der Waals surface area contributed by atoms with E-state index in [1.807, 2.05) is 0 Å².